The van der Waals surface area contributed by atoms with Crippen LogP contribution in [-0.4, -0.2) is 26.4 Å². The number of imidazole rings is 1. The summed E-state index contributed by atoms with van der Waals surface area (Å²) < 4.78 is 16.6. The van der Waals surface area contributed by atoms with Crippen LogP contribution < -0.4 is 11.1 Å². The van der Waals surface area contributed by atoms with Crippen molar-refractivity contribution < 1.29 is 9.18 Å². The molecule has 8 heteroatoms. The number of thioether (sulfide) groups is 1. The molecule has 0 saturated heterocycles. The van der Waals surface area contributed by atoms with E-state index in [2.05, 4.69) is 17.2 Å². The molecule has 3 N–H and O–H groups in total. The molecular weight excluding hydrogens is 365 g/mol. The van der Waals surface area contributed by atoms with E-state index in [0.29, 0.717) is 22.1 Å². The summed E-state index contributed by atoms with van der Waals surface area (Å²) >= 11 is 1.53. The number of aryl methyl sites for hydroxylation is 1. The highest BCUT2D eigenvalue weighted by atomic mass is 32.2. The molecule has 0 radical (unpaired) electrons. The molecule has 1 aromatic heterocycles. The Balaban J connectivity index is 1.74. The van der Waals surface area contributed by atoms with Crippen molar-refractivity contribution in [1.82, 2.24) is 9.55 Å². The number of amidine groups is 1. The Morgan fingerprint density at radius 1 is 1.41 bits per heavy atom. The average Bonchev–Trinajstić information content (AvgIpc) is 3.20. The Labute approximate surface area is 161 Å². The van der Waals surface area contributed by atoms with Crippen LogP contribution in [0.3, 0.4) is 0 Å². The lowest BCUT2D eigenvalue weighted by Gasteiger charge is -2.44. The van der Waals surface area contributed by atoms with Gasteiger partial charge in [0.2, 0.25) is 0 Å². The molecule has 142 valence electrons. The number of hydrogen-bond acceptors (Lipinski definition) is 5. The van der Waals surface area contributed by atoms with Crippen molar-refractivity contribution in [1.29, 1.82) is 0 Å². The van der Waals surface area contributed by atoms with Gasteiger partial charge in [-0.05, 0) is 37.5 Å². The van der Waals surface area contributed by atoms with Crippen molar-refractivity contribution in [3.63, 3.8) is 0 Å². The fourth-order valence-electron chi connectivity index (χ4n) is 4.29. The molecule has 2 atom stereocenters. The maximum Gasteiger partial charge on any atom is 0.273 e. The van der Waals surface area contributed by atoms with Gasteiger partial charge in [0, 0.05) is 29.5 Å². The van der Waals surface area contributed by atoms with E-state index in [0.717, 1.165) is 25.0 Å². The summed E-state index contributed by atoms with van der Waals surface area (Å²) in [6.45, 7) is 2.16. The number of carbonyl (C=O) groups excluding carboxylic acids is 1. The van der Waals surface area contributed by atoms with Crippen molar-refractivity contribution >= 4 is 28.5 Å². The number of aliphatic imine (C=N–C) groups is 1. The topological polar surface area (TPSA) is 85.3 Å². The second kappa shape index (κ2) is 6.37. The molecule has 1 amide bonds. The van der Waals surface area contributed by atoms with Crippen molar-refractivity contribution in [3.8, 4) is 0 Å². The minimum Gasteiger partial charge on any atom is -0.379 e. The lowest BCUT2D eigenvalue weighted by Crippen LogP contribution is -2.45. The van der Waals surface area contributed by atoms with Gasteiger partial charge in [-0.2, -0.15) is 0 Å². The zero-order valence-electron chi connectivity index (χ0n) is 15.3. The standard InChI is InChI=1S/C19H22FN5OS/c1-18-6-3-7-19(18,24-17(21)27-10-18)13-8-12(4-5-14(13)20)23-16(26)15-9-22-11-25(15)2/h4-5,8-9,11H,3,6-7,10H2,1-2H3,(H2,21,24)(H,23,26)/t18-,19+/m0/s1. The number of fused-ring (bicyclic) bond motifs is 1. The molecule has 6 nitrogen and oxygen atoms in total. The minimum absolute atomic E-state index is 0.161. The van der Waals surface area contributed by atoms with Gasteiger partial charge in [0.15, 0.2) is 5.17 Å². The Morgan fingerprint density at radius 2 is 2.22 bits per heavy atom. The van der Waals surface area contributed by atoms with Crippen LogP contribution in [0.15, 0.2) is 35.7 Å². The van der Waals surface area contributed by atoms with Gasteiger partial charge < -0.3 is 15.6 Å². The monoisotopic (exact) mass is 387 g/mol. The summed E-state index contributed by atoms with van der Waals surface area (Å²) in [6.07, 6.45) is 5.75. The zero-order valence-corrected chi connectivity index (χ0v) is 16.1. The van der Waals surface area contributed by atoms with Crippen LogP contribution in [0.4, 0.5) is 10.1 Å². The second-order valence-electron chi connectivity index (χ2n) is 7.55. The van der Waals surface area contributed by atoms with Gasteiger partial charge in [-0.3, -0.25) is 9.79 Å². The van der Waals surface area contributed by atoms with Crippen LogP contribution in [0.5, 0.6) is 0 Å². The molecule has 2 aromatic rings. The molecule has 2 aliphatic rings. The number of halogens is 1. The summed E-state index contributed by atoms with van der Waals surface area (Å²) in [5.41, 5.74) is 6.67. The number of rotatable bonds is 3. The van der Waals surface area contributed by atoms with E-state index in [1.54, 1.807) is 30.1 Å². The first-order chi connectivity index (χ1) is 12.8. The summed E-state index contributed by atoms with van der Waals surface area (Å²) in [5.74, 6) is 0.208. The first-order valence-corrected chi connectivity index (χ1v) is 9.89. The Morgan fingerprint density at radius 3 is 2.96 bits per heavy atom. The van der Waals surface area contributed by atoms with E-state index in [9.17, 15) is 9.18 Å². The van der Waals surface area contributed by atoms with Gasteiger partial charge in [-0.25, -0.2) is 9.37 Å². The summed E-state index contributed by atoms with van der Waals surface area (Å²) in [5, 5.41) is 3.34. The van der Waals surface area contributed by atoms with Gasteiger partial charge in [0.1, 0.15) is 11.5 Å². The number of hydrogen-bond donors (Lipinski definition) is 2. The number of anilines is 1. The van der Waals surface area contributed by atoms with Gasteiger partial charge >= 0.3 is 0 Å². The predicted molar refractivity (Wildman–Crippen MR) is 105 cm³/mol. The molecule has 1 fully saturated rings. The van der Waals surface area contributed by atoms with E-state index in [-0.39, 0.29) is 17.1 Å². The maximum absolute atomic E-state index is 14.9. The summed E-state index contributed by atoms with van der Waals surface area (Å²) in [7, 11) is 1.75. The van der Waals surface area contributed by atoms with Gasteiger partial charge in [-0.15, -0.1) is 0 Å². The van der Waals surface area contributed by atoms with E-state index in [1.807, 2.05) is 0 Å². The zero-order chi connectivity index (χ0) is 19.2. The number of nitrogens with two attached hydrogens (primary N) is 1. The number of aromatic nitrogens is 2. The molecule has 27 heavy (non-hydrogen) atoms. The fraction of sp³-hybridized carbons (Fsp3) is 0.421. The Bertz CT molecular complexity index is 942. The quantitative estimate of drug-likeness (QED) is 0.847. The van der Waals surface area contributed by atoms with Gasteiger partial charge in [0.25, 0.3) is 5.91 Å². The van der Waals surface area contributed by atoms with E-state index < -0.39 is 5.54 Å². The summed E-state index contributed by atoms with van der Waals surface area (Å²) in [6, 6.07) is 4.68. The summed E-state index contributed by atoms with van der Waals surface area (Å²) in [4.78, 5) is 21.2. The molecule has 0 spiro atoms. The third-order valence-corrected chi connectivity index (χ3v) is 6.99. The molecule has 0 bridgehead atoms. The molecule has 1 aromatic carbocycles. The van der Waals surface area contributed by atoms with Gasteiger partial charge in [0.05, 0.1) is 18.1 Å². The van der Waals surface area contributed by atoms with Crippen molar-refractivity contribution in [3.05, 3.63) is 47.8 Å². The minimum atomic E-state index is -0.681. The molecule has 2 heterocycles. The highest BCUT2D eigenvalue weighted by molar-refractivity contribution is 8.13. The average molecular weight is 387 g/mol. The van der Waals surface area contributed by atoms with Gasteiger partial charge in [-0.1, -0.05) is 18.7 Å². The van der Waals surface area contributed by atoms with Crippen LogP contribution in [0.25, 0.3) is 0 Å². The lowest BCUT2D eigenvalue weighted by atomic mass is 9.70. The van der Waals surface area contributed by atoms with E-state index >= 15 is 0 Å². The van der Waals surface area contributed by atoms with Crippen LogP contribution >= 0.6 is 11.8 Å². The lowest BCUT2D eigenvalue weighted by molar-refractivity contribution is 0.101. The number of carbonyl (C=O) groups is 1. The second-order valence-corrected chi connectivity index (χ2v) is 8.55. The molecule has 1 saturated carbocycles. The van der Waals surface area contributed by atoms with Crippen LogP contribution in [0, 0.1) is 11.2 Å². The SMILES string of the molecule is Cn1cncc1C(=O)Nc1ccc(F)c([C@]23CCC[C@@]2(C)CSC(N)=N3)c1. The molecule has 4 rings (SSSR count). The normalized spacial score (nSPS) is 27.1. The Hall–Kier alpha value is -2.35. The molecule has 0 unspecified atom stereocenters. The fourth-order valence-corrected chi connectivity index (χ4v) is 5.36. The first-order valence-electron chi connectivity index (χ1n) is 8.90. The van der Waals surface area contributed by atoms with Crippen molar-refractivity contribution in [2.24, 2.45) is 23.2 Å². The number of nitrogens with zero attached hydrogens (tertiary/aromatic N) is 3. The number of benzene rings is 1. The smallest absolute Gasteiger partial charge is 0.273 e. The molecule has 1 aliphatic carbocycles. The van der Waals surface area contributed by atoms with E-state index in [1.165, 1.54) is 24.0 Å². The third-order valence-electron chi connectivity index (χ3n) is 5.82. The van der Waals surface area contributed by atoms with Crippen molar-refractivity contribution in [2.75, 3.05) is 11.1 Å². The first kappa shape index (κ1) is 18.0. The van der Waals surface area contributed by atoms with E-state index in [4.69, 9.17) is 10.7 Å². The van der Waals surface area contributed by atoms with Crippen LogP contribution in [-0.2, 0) is 12.6 Å². The van der Waals surface area contributed by atoms with Crippen LogP contribution in [0.1, 0.15) is 42.2 Å². The highest BCUT2D eigenvalue weighted by Gasteiger charge is 2.56. The highest BCUT2D eigenvalue weighted by Crippen LogP contribution is 2.59. The Kier molecular flexibility index (Phi) is 4.25. The molecular formula is C19H22FN5OS. The third kappa shape index (κ3) is 2.82. The predicted octanol–water partition coefficient (Wildman–Crippen LogP) is 3.26. The maximum atomic E-state index is 14.9. The molecule has 1 aliphatic heterocycles. The largest absolute Gasteiger partial charge is 0.379 e. The number of nitrogens with one attached hydrogen (secondary N) is 1. The van der Waals surface area contributed by atoms with Crippen LogP contribution in [0.2, 0.25) is 0 Å². The van der Waals surface area contributed by atoms with Crippen molar-refractivity contribution in [2.45, 2.75) is 31.7 Å². The number of amides is 1.